The molecular formula is C12H21N. The second kappa shape index (κ2) is 4.67. The Morgan fingerprint density at radius 2 is 2.15 bits per heavy atom. The fourth-order valence-corrected chi connectivity index (χ4v) is 2.26. The summed E-state index contributed by atoms with van der Waals surface area (Å²) in [5.41, 5.74) is 0. The molecule has 0 aromatic heterocycles. The van der Waals surface area contributed by atoms with Crippen molar-refractivity contribution < 1.29 is 0 Å². The Kier molecular flexibility index (Phi) is 3.81. The molecule has 0 unspecified atom stereocenters. The van der Waals surface area contributed by atoms with Crippen molar-refractivity contribution >= 4 is 0 Å². The predicted molar refractivity (Wildman–Crippen MR) is 57.5 cm³/mol. The molecule has 0 aliphatic carbocycles. The van der Waals surface area contributed by atoms with Gasteiger partial charge < -0.3 is 0 Å². The van der Waals surface area contributed by atoms with Gasteiger partial charge in [-0.05, 0) is 33.1 Å². The third kappa shape index (κ3) is 2.48. The van der Waals surface area contributed by atoms with Crippen molar-refractivity contribution in [2.75, 3.05) is 6.54 Å². The number of nitrogens with zero attached hydrogens (tertiary/aromatic N) is 1. The number of terminal acetylenes is 1. The fourth-order valence-electron chi connectivity index (χ4n) is 2.26. The van der Waals surface area contributed by atoms with Gasteiger partial charge in [-0.25, -0.2) is 0 Å². The van der Waals surface area contributed by atoms with Gasteiger partial charge in [0.1, 0.15) is 0 Å². The van der Waals surface area contributed by atoms with E-state index in [0.717, 1.165) is 12.6 Å². The average Bonchev–Trinajstić information content (AvgIpc) is 2.16. The largest absolute Gasteiger partial charge is 0.297 e. The van der Waals surface area contributed by atoms with Crippen LogP contribution < -0.4 is 0 Å². The highest BCUT2D eigenvalue weighted by Crippen LogP contribution is 2.25. The molecule has 0 aromatic carbocycles. The number of hydrogen-bond donors (Lipinski definition) is 0. The summed E-state index contributed by atoms with van der Waals surface area (Å²) in [4.78, 5) is 2.56. The van der Waals surface area contributed by atoms with Crippen molar-refractivity contribution in [1.82, 2.24) is 4.90 Å². The van der Waals surface area contributed by atoms with Crippen LogP contribution in [0.1, 0.15) is 40.0 Å². The Hall–Kier alpha value is -0.480. The molecule has 0 aromatic rings. The van der Waals surface area contributed by atoms with Crippen LogP contribution in [0.3, 0.4) is 0 Å². The second-order valence-corrected chi connectivity index (χ2v) is 4.29. The van der Waals surface area contributed by atoms with Gasteiger partial charge in [-0.15, -0.1) is 12.3 Å². The summed E-state index contributed by atoms with van der Waals surface area (Å²) in [7, 11) is 0. The van der Waals surface area contributed by atoms with Crippen LogP contribution in [0.15, 0.2) is 0 Å². The quantitative estimate of drug-likeness (QED) is 0.589. The summed E-state index contributed by atoms with van der Waals surface area (Å²) in [6.07, 6.45) is 9.24. The Morgan fingerprint density at radius 1 is 1.46 bits per heavy atom. The van der Waals surface area contributed by atoms with Gasteiger partial charge in [-0.2, -0.15) is 0 Å². The molecule has 13 heavy (non-hydrogen) atoms. The maximum Gasteiger partial charge on any atom is 0.0328 e. The van der Waals surface area contributed by atoms with E-state index >= 15 is 0 Å². The third-order valence-electron chi connectivity index (χ3n) is 3.12. The molecule has 1 nitrogen and oxygen atoms in total. The molecule has 1 heteroatoms. The number of rotatable bonds is 2. The second-order valence-electron chi connectivity index (χ2n) is 4.29. The normalized spacial score (nSPS) is 30.4. The Balaban J connectivity index is 2.58. The third-order valence-corrected chi connectivity index (χ3v) is 3.12. The van der Waals surface area contributed by atoms with E-state index < -0.39 is 0 Å². The SMILES string of the molecule is C#C[C@@H]1CC[C@H](CC)N(C(C)C)C1. The lowest BCUT2D eigenvalue weighted by molar-refractivity contribution is 0.0902. The van der Waals surface area contributed by atoms with Gasteiger partial charge in [0.25, 0.3) is 0 Å². The smallest absolute Gasteiger partial charge is 0.0328 e. The molecule has 74 valence electrons. The Labute approximate surface area is 82.5 Å². The van der Waals surface area contributed by atoms with Gasteiger partial charge in [0, 0.05) is 24.5 Å². The molecule has 0 N–H and O–H groups in total. The van der Waals surface area contributed by atoms with E-state index in [2.05, 4.69) is 31.6 Å². The van der Waals surface area contributed by atoms with Crippen molar-refractivity contribution in [3.8, 4) is 12.3 Å². The van der Waals surface area contributed by atoms with Crippen molar-refractivity contribution in [3.05, 3.63) is 0 Å². The maximum atomic E-state index is 5.48. The van der Waals surface area contributed by atoms with Crippen molar-refractivity contribution in [2.24, 2.45) is 5.92 Å². The lowest BCUT2D eigenvalue weighted by Crippen LogP contribution is -2.46. The van der Waals surface area contributed by atoms with Crippen LogP contribution in [0, 0.1) is 18.3 Å². The topological polar surface area (TPSA) is 3.24 Å². The summed E-state index contributed by atoms with van der Waals surface area (Å²) < 4.78 is 0. The van der Waals surface area contributed by atoms with Crippen LogP contribution in [0.5, 0.6) is 0 Å². The zero-order chi connectivity index (χ0) is 9.84. The van der Waals surface area contributed by atoms with E-state index in [1.54, 1.807) is 0 Å². The highest BCUT2D eigenvalue weighted by molar-refractivity contribution is 4.98. The molecule has 1 fully saturated rings. The first-order chi connectivity index (χ1) is 6.19. The summed E-state index contributed by atoms with van der Waals surface area (Å²) in [5, 5.41) is 0. The molecule has 1 saturated heterocycles. The lowest BCUT2D eigenvalue weighted by Gasteiger charge is -2.40. The van der Waals surface area contributed by atoms with Gasteiger partial charge >= 0.3 is 0 Å². The van der Waals surface area contributed by atoms with Crippen LogP contribution in [0.25, 0.3) is 0 Å². The monoisotopic (exact) mass is 179 g/mol. The Bertz CT molecular complexity index is 190. The minimum atomic E-state index is 0.491. The summed E-state index contributed by atoms with van der Waals surface area (Å²) >= 11 is 0. The van der Waals surface area contributed by atoms with Crippen molar-refractivity contribution in [1.29, 1.82) is 0 Å². The van der Waals surface area contributed by atoms with E-state index in [-0.39, 0.29) is 0 Å². The zero-order valence-corrected chi connectivity index (χ0v) is 9.09. The summed E-state index contributed by atoms with van der Waals surface area (Å²) in [5.74, 6) is 3.38. The molecule has 1 aliphatic rings. The van der Waals surface area contributed by atoms with Gasteiger partial charge in [0.15, 0.2) is 0 Å². The van der Waals surface area contributed by atoms with Gasteiger partial charge in [-0.1, -0.05) is 6.92 Å². The number of piperidine rings is 1. The molecule has 2 atom stereocenters. The molecule has 1 rings (SSSR count). The molecule has 0 radical (unpaired) electrons. The molecule has 0 saturated carbocycles. The highest BCUT2D eigenvalue weighted by atomic mass is 15.2. The first kappa shape index (κ1) is 10.6. The van der Waals surface area contributed by atoms with E-state index in [0.29, 0.717) is 12.0 Å². The number of likely N-dealkylation sites (tertiary alicyclic amines) is 1. The van der Waals surface area contributed by atoms with Gasteiger partial charge in [-0.3, -0.25) is 4.90 Å². The van der Waals surface area contributed by atoms with Crippen LogP contribution in [0.4, 0.5) is 0 Å². The maximum absolute atomic E-state index is 5.48. The molecule has 1 aliphatic heterocycles. The summed E-state index contributed by atoms with van der Waals surface area (Å²) in [6, 6.07) is 1.41. The predicted octanol–water partition coefficient (Wildman–Crippen LogP) is 2.52. The molecule has 1 heterocycles. The zero-order valence-electron chi connectivity index (χ0n) is 9.09. The minimum absolute atomic E-state index is 0.491. The van der Waals surface area contributed by atoms with Gasteiger partial charge in [0.05, 0.1) is 0 Å². The molecule has 0 amide bonds. The fraction of sp³-hybridized carbons (Fsp3) is 0.833. The molecular weight excluding hydrogens is 158 g/mol. The van der Waals surface area contributed by atoms with E-state index in [9.17, 15) is 0 Å². The van der Waals surface area contributed by atoms with Crippen LogP contribution in [-0.4, -0.2) is 23.5 Å². The van der Waals surface area contributed by atoms with Crippen LogP contribution in [-0.2, 0) is 0 Å². The molecule has 0 spiro atoms. The Morgan fingerprint density at radius 3 is 2.62 bits per heavy atom. The minimum Gasteiger partial charge on any atom is -0.297 e. The first-order valence-electron chi connectivity index (χ1n) is 5.40. The molecule has 0 bridgehead atoms. The van der Waals surface area contributed by atoms with Crippen LogP contribution in [0.2, 0.25) is 0 Å². The lowest BCUT2D eigenvalue weighted by atomic mass is 9.91. The average molecular weight is 179 g/mol. The summed E-state index contributed by atoms with van der Waals surface area (Å²) in [6.45, 7) is 7.91. The first-order valence-corrected chi connectivity index (χ1v) is 5.40. The standard InChI is InChI=1S/C12H21N/c1-5-11-7-8-12(6-2)13(9-11)10(3)4/h1,10-12H,6-9H2,2-4H3/t11-,12+/m1/s1. The van der Waals surface area contributed by atoms with Crippen molar-refractivity contribution in [2.45, 2.75) is 52.1 Å². The van der Waals surface area contributed by atoms with E-state index in [4.69, 9.17) is 6.42 Å². The van der Waals surface area contributed by atoms with Crippen LogP contribution >= 0.6 is 0 Å². The van der Waals surface area contributed by atoms with Crippen molar-refractivity contribution in [3.63, 3.8) is 0 Å². The highest BCUT2D eigenvalue weighted by Gasteiger charge is 2.27. The van der Waals surface area contributed by atoms with E-state index in [1.165, 1.54) is 19.3 Å². The van der Waals surface area contributed by atoms with E-state index in [1.807, 2.05) is 0 Å². The van der Waals surface area contributed by atoms with Gasteiger partial charge in [0.2, 0.25) is 0 Å². The number of hydrogen-bond acceptors (Lipinski definition) is 1.